The highest BCUT2D eigenvalue weighted by molar-refractivity contribution is 6.17. The summed E-state index contributed by atoms with van der Waals surface area (Å²) in [5.41, 5.74) is 4.46. The lowest BCUT2D eigenvalue weighted by Gasteiger charge is -2.22. The lowest BCUT2D eigenvalue weighted by Crippen LogP contribution is -2.20. The highest BCUT2D eigenvalue weighted by Crippen LogP contribution is 2.24. The van der Waals surface area contributed by atoms with Crippen molar-refractivity contribution in [3.63, 3.8) is 0 Å². The van der Waals surface area contributed by atoms with Crippen LogP contribution in [0.3, 0.4) is 0 Å². The van der Waals surface area contributed by atoms with E-state index in [2.05, 4.69) is 33.9 Å². The number of anilines is 1. The van der Waals surface area contributed by atoms with Crippen molar-refractivity contribution in [1.82, 2.24) is 9.97 Å². The molecule has 0 saturated carbocycles. The average Bonchev–Trinajstić information content (AvgIpc) is 2.39. The monoisotopic (exact) mass is 275 g/mol. The molecule has 2 rings (SSSR count). The van der Waals surface area contributed by atoms with Gasteiger partial charge in [0, 0.05) is 37.2 Å². The Morgan fingerprint density at radius 3 is 2.74 bits per heavy atom. The normalized spacial score (nSPS) is 10.5. The number of rotatable bonds is 4. The molecule has 100 valence electrons. The minimum atomic E-state index is 0.478. The molecular formula is C15H18ClN3. The van der Waals surface area contributed by atoms with Gasteiger partial charge in [-0.3, -0.25) is 4.98 Å². The number of pyridine rings is 2. The summed E-state index contributed by atoms with van der Waals surface area (Å²) >= 11 is 6.06. The largest absolute Gasteiger partial charge is 0.355 e. The Morgan fingerprint density at radius 2 is 2.11 bits per heavy atom. The molecular weight excluding hydrogens is 258 g/mol. The molecule has 0 aromatic carbocycles. The Labute approximate surface area is 119 Å². The molecule has 4 heteroatoms. The van der Waals surface area contributed by atoms with E-state index in [9.17, 15) is 0 Å². The minimum Gasteiger partial charge on any atom is -0.355 e. The van der Waals surface area contributed by atoms with Gasteiger partial charge in [0.25, 0.3) is 0 Å². The predicted octanol–water partition coefficient (Wildman–Crippen LogP) is 3.47. The maximum Gasteiger partial charge on any atom is 0.133 e. The second-order valence-electron chi connectivity index (χ2n) is 4.73. The van der Waals surface area contributed by atoms with E-state index in [0.29, 0.717) is 5.88 Å². The summed E-state index contributed by atoms with van der Waals surface area (Å²) in [6.45, 7) is 4.86. The number of nitrogens with zero attached hydrogens (tertiary/aromatic N) is 3. The third kappa shape index (κ3) is 3.24. The van der Waals surface area contributed by atoms with Gasteiger partial charge in [0.05, 0.1) is 5.88 Å². The van der Waals surface area contributed by atoms with E-state index >= 15 is 0 Å². The summed E-state index contributed by atoms with van der Waals surface area (Å²) in [7, 11) is 2.03. The maximum absolute atomic E-state index is 6.06. The Bertz CT molecular complexity index is 555. The molecule has 2 heterocycles. The lowest BCUT2D eigenvalue weighted by molar-refractivity contribution is 0.874. The van der Waals surface area contributed by atoms with Gasteiger partial charge in [-0.25, -0.2) is 4.98 Å². The van der Waals surface area contributed by atoms with Gasteiger partial charge in [-0.1, -0.05) is 6.07 Å². The number of aryl methyl sites for hydroxylation is 2. The molecule has 0 fully saturated rings. The van der Waals surface area contributed by atoms with Crippen molar-refractivity contribution >= 4 is 17.4 Å². The van der Waals surface area contributed by atoms with Crippen LogP contribution in [0.4, 0.5) is 5.82 Å². The molecule has 0 spiro atoms. The predicted molar refractivity (Wildman–Crippen MR) is 79.6 cm³/mol. The zero-order valence-electron chi connectivity index (χ0n) is 11.5. The first-order chi connectivity index (χ1) is 9.11. The van der Waals surface area contributed by atoms with Crippen molar-refractivity contribution in [1.29, 1.82) is 0 Å². The van der Waals surface area contributed by atoms with Gasteiger partial charge < -0.3 is 4.90 Å². The van der Waals surface area contributed by atoms with Crippen LogP contribution in [0.25, 0.3) is 0 Å². The van der Waals surface area contributed by atoms with E-state index in [1.54, 1.807) is 6.20 Å². The molecule has 0 unspecified atom stereocenters. The van der Waals surface area contributed by atoms with Gasteiger partial charge in [0.2, 0.25) is 0 Å². The van der Waals surface area contributed by atoms with Crippen LogP contribution in [0.1, 0.15) is 22.4 Å². The van der Waals surface area contributed by atoms with Crippen molar-refractivity contribution in [2.24, 2.45) is 0 Å². The summed E-state index contributed by atoms with van der Waals surface area (Å²) in [6.07, 6.45) is 3.66. The highest BCUT2D eigenvalue weighted by Gasteiger charge is 2.12. The topological polar surface area (TPSA) is 29.0 Å². The van der Waals surface area contributed by atoms with Gasteiger partial charge in [0.1, 0.15) is 5.82 Å². The van der Waals surface area contributed by atoms with E-state index < -0.39 is 0 Å². The summed E-state index contributed by atoms with van der Waals surface area (Å²) < 4.78 is 0. The standard InChI is InChI=1S/C15H18ClN3/c1-11-7-12(2)18-15(14(11)8-16)19(3)10-13-5-4-6-17-9-13/h4-7,9H,8,10H2,1-3H3. The van der Waals surface area contributed by atoms with Crippen molar-refractivity contribution < 1.29 is 0 Å². The van der Waals surface area contributed by atoms with E-state index in [-0.39, 0.29) is 0 Å². The van der Waals surface area contributed by atoms with Crippen molar-refractivity contribution in [2.75, 3.05) is 11.9 Å². The van der Waals surface area contributed by atoms with Gasteiger partial charge >= 0.3 is 0 Å². The van der Waals surface area contributed by atoms with Gasteiger partial charge in [-0.2, -0.15) is 0 Å². The fourth-order valence-electron chi connectivity index (χ4n) is 2.16. The second kappa shape index (κ2) is 6.02. The molecule has 0 N–H and O–H groups in total. The lowest BCUT2D eigenvalue weighted by atomic mass is 10.1. The molecule has 0 bridgehead atoms. The van der Waals surface area contributed by atoms with Crippen LogP contribution in [0.2, 0.25) is 0 Å². The Morgan fingerprint density at radius 1 is 1.32 bits per heavy atom. The Balaban J connectivity index is 2.30. The first-order valence-electron chi connectivity index (χ1n) is 6.25. The quantitative estimate of drug-likeness (QED) is 0.800. The molecule has 0 aliphatic rings. The fraction of sp³-hybridized carbons (Fsp3) is 0.333. The third-order valence-electron chi connectivity index (χ3n) is 3.09. The van der Waals surface area contributed by atoms with E-state index in [4.69, 9.17) is 11.6 Å². The van der Waals surface area contributed by atoms with Crippen LogP contribution in [0.15, 0.2) is 30.6 Å². The third-order valence-corrected chi connectivity index (χ3v) is 3.36. The molecule has 2 aromatic rings. The second-order valence-corrected chi connectivity index (χ2v) is 5.00. The number of hydrogen-bond donors (Lipinski definition) is 0. The van der Waals surface area contributed by atoms with Crippen LogP contribution in [0, 0.1) is 13.8 Å². The molecule has 0 aliphatic heterocycles. The molecule has 0 aliphatic carbocycles. The van der Waals surface area contributed by atoms with Crippen molar-refractivity contribution in [3.8, 4) is 0 Å². The molecule has 0 radical (unpaired) electrons. The smallest absolute Gasteiger partial charge is 0.133 e. The fourth-order valence-corrected chi connectivity index (χ4v) is 2.50. The van der Waals surface area contributed by atoms with Crippen LogP contribution in [-0.2, 0) is 12.4 Å². The SMILES string of the molecule is Cc1cc(C)c(CCl)c(N(C)Cc2cccnc2)n1. The number of hydrogen-bond acceptors (Lipinski definition) is 3. The van der Waals surface area contributed by atoms with E-state index in [0.717, 1.165) is 29.2 Å². The summed E-state index contributed by atoms with van der Waals surface area (Å²) in [4.78, 5) is 10.9. The number of aromatic nitrogens is 2. The van der Waals surface area contributed by atoms with Crippen molar-refractivity contribution in [2.45, 2.75) is 26.3 Å². The van der Waals surface area contributed by atoms with Crippen LogP contribution < -0.4 is 4.90 Å². The molecule has 0 amide bonds. The van der Waals surface area contributed by atoms with Gasteiger partial charge in [-0.05, 0) is 37.1 Å². The van der Waals surface area contributed by atoms with E-state index in [1.807, 2.05) is 26.2 Å². The van der Waals surface area contributed by atoms with Gasteiger partial charge in [-0.15, -0.1) is 11.6 Å². The van der Waals surface area contributed by atoms with Crippen LogP contribution in [0.5, 0.6) is 0 Å². The zero-order valence-corrected chi connectivity index (χ0v) is 12.3. The number of alkyl halides is 1. The molecule has 0 saturated heterocycles. The van der Waals surface area contributed by atoms with E-state index in [1.165, 1.54) is 5.56 Å². The molecule has 0 atom stereocenters. The first-order valence-corrected chi connectivity index (χ1v) is 6.78. The molecule has 2 aromatic heterocycles. The van der Waals surface area contributed by atoms with Gasteiger partial charge in [0.15, 0.2) is 0 Å². The summed E-state index contributed by atoms with van der Waals surface area (Å²) in [5.74, 6) is 1.43. The average molecular weight is 276 g/mol. The Hall–Kier alpha value is -1.61. The maximum atomic E-state index is 6.06. The first kappa shape index (κ1) is 13.8. The highest BCUT2D eigenvalue weighted by atomic mass is 35.5. The minimum absolute atomic E-state index is 0.478. The summed E-state index contributed by atoms with van der Waals surface area (Å²) in [5, 5.41) is 0. The molecule has 3 nitrogen and oxygen atoms in total. The van der Waals surface area contributed by atoms with Crippen molar-refractivity contribution in [3.05, 3.63) is 53.0 Å². The summed E-state index contributed by atoms with van der Waals surface area (Å²) in [6, 6.07) is 6.08. The molecule has 19 heavy (non-hydrogen) atoms. The zero-order chi connectivity index (χ0) is 13.8. The van der Waals surface area contributed by atoms with Crippen LogP contribution in [-0.4, -0.2) is 17.0 Å². The Kier molecular flexibility index (Phi) is 4.38. The number of halogens is 1. The van der Waals surface area contributed by atoms with Crippen LogP contribution >= 0.6 is 11.6 Å².